The van der Waals surface area contributed by atoms with Gasteiger partial charge in [-0.05, 0) is 0 Å². The summed E-state index contributed by atoms with van der Waals surface area (Å²) in [6.07, 6.45) is 0. The lowest BCUT2D eigenvalue weighted by molar-refractivity contribution is -0.142. The molecule has 4 nitrogen and oxygen atoms in total. The Hall–Kier alpha value is -0.580. The van der Waals surface area contributed by atoms with E-state index in [1.165, 1.54) is 0 Å². The van der Waals surface area contributed by atoms with E-state index in [0.29, 0.717) is 0 Å². The third kappa shape index (κ3) is 1.49. The average Bonchev–Trinajstić information content (AvgIpc) is 1.67. The predicted octanol–water partition coefficient (Wildman–Crippen LogP) is -1.30. The molecule has 0 aliphatic heterocycles. The first-order valence-corrected chi connectivity index (χ1v) is 2.04. The van der Waals surface area contributed by atoms with Crippen LogP contribution in [0.15, 0.2) is 12.3 Å². The summed E-state index contributed by atoms with van der Waals surface area (Å²) < 4.78 is 0. The number of rotatable bonds is 2. The van der Waals surface area contributed by atoms with Crippen molar-refractivity contribution in [3.8, 4) is 0 Å². The molecule has 0 unspecified atom stereocenters. The van der Waals surface area contributed by atoms with Gasteiger partial charge in [-0.25, -0.2) is 0 Å². The normalized spacial score (nSPS) is 11.4. The molecule has 0 aromatic heterocycles. The molecule has 0 aromatic carbocycles. The molecule has 0 fully saturated rings. The van der Waals surface area contributed by atoms with Crippen LogP contribution in [0, 0.1) is 0 Å². The molecule has 5 N–H and O–H groups in total. The van der Waals surface area contributed by atoms with Crippen molar-refractivity contribution in [1.29, 1.82) is 0 Å². The lowest BCUT2D eigenvalue weighted by Crippen LogP contribution is -2.38. The number of hydrogen-bond donors (Lipinski definition) is 4. The maximum Gasteiger partial charge on any atom is 0.234 e. The predicted molar refractivity (Wildman–Crippen MR) is 28.0 cm³/mol. The maximum absolute atomic E-state index is 8.48. The smallest absolute Gasteiger partial charge is 0.234 e. The molecule has 0 rings (SSSR count). The minimum atomic E-state index is -2.32. The zero-order valence-corrected chi connectivity index (χ0v) is 4.33. The summed E-state index contributed by atoms with van der Waals surface area (Å²) in [5.74, 6) is -3.06. The summed E-state index contributed by atoms with van der Waals surface area (Å²) in [4.78, 5) is 0. The van der Waals surface area contributed by atoms with Crippen LogP contribution in [0.2, 0.25) is 0 Å². The summed E-state index contributed by atoms with van der Waals surface area (Å²) in [6, 6.07) is 0. The SMILES string of the molecule is C=C(O)C(O)(O)CN. The zero-order valence-electron chi connectivity index (χ0n) is 4.33. The Bertz CT molecular complexity index is 99.5. The van der Waals surface area contributed by atoms with Crippen molar-refractivity contribution >= 4 is 0 Å². The van der Waals surface area contributed by atoms with Gasteiger partial charge in [0.25, 0.3) is 0 Å². The highest BCUT2D eigenvalue weighted by Crippen LogP contribution is 2.03. The number of aliphatic hydroxyl groups is 3. The second kappa shape index (κ2) is 2.13. The molecule has 0 radical (unpaired) electrons. The van der Waals surface area contributed by atoms with Gasteiger partial charge in [0, 0.05) is 0 Å². The van der Waals surface area contributed by atoms with E-state index in [2.05, 4.69) is 6.58 Å². The quantitative estimate of drug-likeness (QED) is 0.269. The molecule has 0 saturated carbocycles. The lowest BCUT2D eigenvalue weighted by atomic mass is 10.2. The van der Waals surface area contributed by atoms with Gasteiger partial charge in [0.15, 0.2) is 0 Å². The summed E-state index contributed by atoms with van der Waals surface area (Å²) in [7, 11) is 0. The summed E-state index contributed by atoms with van der Waals surface area (Å²) in [6.45, 7) is 2.42. The van der Waals surface area contributed by atoms with Gasteiger partial charge < -0.3 is 21.1 Å². The molecule has 0 heterocycles. The summed E-state index contributed by atoms with van der Waals surface area (Å²) >= 11 is 0. The molecule has 0 bridgehead atoms. The van der Waals surface area contributed by atoms with E-state index >= 15 is 0 Å². The van der Waals surface area contributed by atoms with E-state index < -0.39 is 18.1 Å². The number of nitrogens with two attached hydrogens (primary N) is 1. The molecular formula is C4H9NO3. The summed E-state index contributed by atoms with van der Waals surface area (Å²) in [5.41, 5.74) is 4.79. The van der Waals surface area contributed by atoms with Crippen LogP contribution in [-0.2, 0) is 0 Å². The third-order valence-corrected chi connectivity index (χ3v) is 0.747. The van der Waals surface area contributed by atoms with Gasteiger partial charge in [0.2, 0.25) is 5.79 Å². The van der Waals surface area contributed by atoms with E-state index in [9.17, 15) is 0 Å². The van der Waals surface area contributed by atoms with E-state index in [-0.39, 0.29) is 0 Å². The molecule has 0 aromatic rings. The standard InChI is InChI=1S/C4H9NO3/c1-3(6)4(7,8)2-5/h6-8H,1-2,5H2. The van der Waals surface area contributed by atoms with Crippen molar-refractivity contribution in [3.05, 3.63) is 12.3 Å². The molecule has 0 aliphatic rings. The van der Waals surface area contributed by atoms with Gasteiger partial charge in [-0.2, -0.15) is 0 Å². The van der Waals surface area contributed by atoms with E-state index in [1.807, 2.05) is 0 Å². The van der Waals surface area contributed by atoms with Gasteiger partial charge >= 0.3 is 0 Å². The Balaban J connectivity index is 3.91. The first-order chi connectivity index (χ1) is 3.50. The second-order valence-electron chi connectivity index (χ2n) is 1.47. The highest BCUT2D eigenvalue weighted by molar-refractivity contribution is 4.95. The molecule has 0 saturated heterocycles. The topological polar surface area (TPSA) is 86.7 Å². The fourth-order valence-electron chi connectivity index (χ4n) is 0.118. The highest BCUT2D eigenvalue weighted by atomic mass is 16.5. The monoisotopic (exact) mass is 119 g/mol. The van der Waals surface area contributed by atoms with Crippen LogP contribution in [0.5, 0.6) is 0 Å². The van der Waals surface area contributed by atoms with E-state index in [0.717, 1.165) is 0 Å². The van der Waals surface area contributed by atoms with Crippen molar-refractivity contribution in [3.63, 3.8) is 0 Å². The Labute approximate surface area is 46.9 Å². The maximum atomic E-state index is 8.48. The van der Waals surface area contributed by atoms with Crippen LogP contribution in [0.1, 0.15) is 0 Å². The Kier molecular flexibility index (Phi) is 1.97. The Morgan fingerprint density at radius 2 is 2.00 bits per heavy atom. The average molecular weight is 119 g/mol. The van der Waals surface area contributed by atoms with Gasteiger partial charge in [-0.1, -0.05) is 6.58 Å². The van der Waals surface area contributed by atoms with E-state index in [4.69, 9.17) is 21.1 Å². The van der Waals surface area contributed by atoms with Crippen LogP contribution >= 0.6 is 0 Å². The summed E-state index contributed by atoms with van der Waals surface area (Å²) in [5, 5.41) is 25.3. The molecule has 0 atom stereocenters. The first kappa shape index (κ1) is 7.42. The molecule has 0 aliphatic carbocycles. The van der Waals surface area contributed by atoms with Gasteiger partial charge in [0.1, 0.15) is 5.76 Å². The molecule has 8 heavy (non-hydrogen) atoms. The van der Waals surface area contributed by atoms with Crippen LogP contribution in [0.4, 0.5) is 0 Å². The molecule has 4 heteroatoms. The van der Waals surface area contributed by atoms with Crippen molar-refractivity contribution in [2.75, 3.05) is 6.54 Å². The van der Waals surface area contributed by atoms with Gasteiger partial charge in [-0.15, -0.1) is 0 Å². The van der Waals surface area contributed by atoms with Gasteiger partial charge in [0.05, 0.1) is 6.54 Å². The third-order valence-electron chi connectivity index (χ3n) is 0.747. The second-order valence-corrected chi connectivity index (χ2v) is 1.47. The van der Waals surface area contributed by atoms with Gasteiger partial charge in [-0.3, -0.25) is 0 Å². The first-order valence-electron chi connectivity index (χ1n) is 2.04. The van der Waals surface area contributed by atoms with E-state index in [1.54, 1.807) is 0 Å². The lowest BCUT2D eigenvalue weighted by Gasteiger charge is -2.16. The van der Waals surface area contributed by atoms with Crippen LogP contribution in [0.25, 0.3) is 0 Å². The van der Waals surface area contributed by atoms with Crippen LogP contribution in [-0.4, -0.2) is 27.7 Å². The fraction of sp³-hybridized carbons (Fsp3) is 0.500. The fourth-order valence-corrected chi connectivity index (χ4v) is 0.118. The van der Waals surface area contributed by atoms with Crippen molar-refractivity contribution in [2.24, 2.45) is 5.73 Å². The zero-order chi connectivity index (χ0) is 6.78. The minimum Gasteiger partial charge on any atom is -0.507 e. The largest absolute Gasteiger partial charge is 0.507 e. The number of hydrogen-bond acceptors (Lipinski definition) is 4. The molecule has 0 spiro atoms. The molecular weight excluding hydrogens is 110 g/mol. The van der Waals surface area contributed by atoms with Crippen molar-refractivity contribution < 1.29 is 15.3 Å². The minimum absolute atomic E-state index is 0.456. The molecule has 0 amide bonds. The Morgan fingerprint density at radius 3 is 2.00 bits per heavy atom. The number of aliphatic hydroxyl groups excluding tert-OH is 1. The molecule has 48 valence electrons. The van der Waals surface area contributed by atoms with Crippen LogP contribution < -0.4 is 5.73 Å². The van der Waals surface area contributed by atoms with Crippen LogP contribution in [0.3, 0.4) is 0 Å². The van der Waals surface area contributed by atoms with Crippen molar-refractivity contribution in [1.82, 2.24) is 0 Å². The van der Waals surface area contributed by atoms with Crippen molar-refractivity contribution in [2.45, 2.75) is 5.79 Å². The highest BCUT2D eigenvalue weighted by Gasteiger charge is 2.23. The Morgan fingerprint density at radius 1 is 1.62 bits per heavy atom.